The summed E-state index contributed by atoms with van der Waals surface area (Å²) in [5.74, 6) is 0.105. The van der Waals surface area contributed by atoms with E-state index in [1.54, 1.807) is 22.8 Å². The second kappa shape index (κ2) is 7.85. The second-order valence-corrected chi connectivity index (χ2v) is 11.1. The molecule has 2 aliphatic rings. The van der Waals surface area contributed by atoms with E-state index in [4.69, 9.17) is 0 Å². The molecule has 9 heteroatoms. The third kappa shape index (κ3) is 3.75. The summed E-state index contributed by atoms with van der Waals surface area (Å²) in [6, 6.07) is 4.94. The minimum absolute atomic E-state index is 0.0193. The van der Waals surface area contributed by atoms with Crippen LogP contribution in [0.4, 0.5) is 0 Å². The Hall–Kier alpha value is -1.71. The number of hydrogen-bond acceptors (Lipinski definition) is 5. The molecule has 3 heterocycles. The molecule has 158 valence electrons. The molecule has 2 aromatic rings. The fourth-order valence-corrected chi connectivity index (χ4v) is 6.98. The highest BCUT2D eigenvalue weighted by Crippen LogP contribution is 2.29. The van der Waals surface area contributed by atoms with Crippen molar-refractivity contribution in [3.63, 3.8) is 0 Å². The van der Waals surface area contributed by atoms with Crippen LogP contribution >= 0.6 is 11.3 Å². The minimum atomic E-state index is -3.64. The molecule has 2 aliphatic heterocycles. The van der Waals surface area contributed by atoms with Crippen molar-refractivity contribution in [2.75, 3.05) is 26.2 Å². The summed E-state index contributed by atoms with van der Waals surface area (Å²) < 4.78 is 30.1. The van der Waals surface area contributed by atoms with Crippen LogP contribution in [0.25, 0.3) is 10.2 Å². The molecule has 0 radical (unpaired) electrons. The largest absolute Gasteiger partial charge is 0.342 e. The number of benzene rings is 1. The van der Waals surface area contributed by atoms with Gasteiger partial charge >= 0.3 is 4.87 Å². The SMILES string of the molecule is CC(C)n1c(=O)sc2cc(S(=O)(=O)N3CCC(C(=O)N4CCCC4)CC3)ccc21. The van der Waals surface area contributed by atoms with Crippen LogP contribution in [0.3, 0.4) is 0 Å². The molecule has 0 unspecified atom stereocenters. The number of carbonyl (C=O) groups excluding carboxylic acids is 1. The van der Waals surface area contributed by atoms with Crippen molar-refractivity contribution in [2.24, 2.45) is 5.92 Å². The number of likely N-dealkylation sites (tertiary alicyclic amines) is 1. The Morgan fingerprint density at radius 2 is 1.76 bits per heavy atom. The smallest absolute Gasteiger partial charge is 0.308 e. The highest BCUT2D eigenvalue weighted by molar-refractivity contribution is 7.89. The van der Waals surface area contributed by atoms with Crippen LogP contribution in [0.1, 0.15) is 45.6 Å². The van der Waals surface area contributed by atoms with Gasteiger partial charge in [0.15, 0.2) is 0 Å². The van der Waals surface area contributed by atoms with Gasteiger partial charge in [-0.05, 0) is 57.7 Å². The number of hydrogen-bond donors (Lipinski definition) is 0. The topological polar surface area (TPSA) is 79.7 Å². The standard InChI is InChI=1S/C20H27N3O4S2/c1-14(2)23-17-6-5-16(13-18(17)28-20(23)25)29(26,27)22-11-7-15(8-12-22)19(24)21-9-3-4-10-21/h5-6,13-15H,3-4,7-12H2,1-2H3. The fourth-order valence-electron chi connectivity index (χ4n) is 4.35. The van der Waals surface area contributed by atoms with Gasteiger partial charge in [-0.3, -0.25) is 14.2 Å². The van der Waals surface area contributed by atoms with Crippen molar-refractivity contribution < 1.29 is 13.2 Å². The Kier molecular flexibility index (Phi) is 5.56. The van der Waals surface area contributed by atoms with E-state index in [1.165, 1.54) is 4.31 Å². The summed E-state index contributed by atoms with van der Waals surface area (Å²) in [7, 11) is -3.64. The van der Waals surface area contributed by atoms with Gasteiger partial charge in [-0.15, -0.1) is 0 Å². The fraction of sp³-hybridized carbons (Fsp3) is 0.600. The average molecular weight is 438 g/mol. The zero-order valence-electron chi connectivity index (χ0n) is 16.8. The summed E-state index contributed by atoms with van der Waals surface area (Å²) in [5, 5.41) is 0. The number of rotatable bonds is 4. The first kappa shape index (κ1) is 20.6. The number of amides is 1. The third-order valence-electron chi connectivity index (χ3n) is 5.96. The van der Waals surface area contributed by atoms with E-state index in [0.29, 0.717) is 30.6 Å². The third-order valence-corrected chi connectivity index (χ3v) is 8.77. The number of fused-ring (bicyclic) bond motifs is 1. The zero-order valence-corrected chi connectivity index (χ0v) is 18.5. The number of carbonyl (C=O) groups is 1. The molecule has 1 aromatic carbocycles. The van der Waals surface area contributed by atoms with Crippen LogP contribution in [0.15, 0.2) is 27.9 Å². The highest BCUT2D eigenvalue weighted by atomic mass is 32.2. The molecule has 0 aliphatic carbocycles. The number of sulfonamides is 1. The Morgan fingerprint density at radius 3 is 2.38 bits per heavy atom. The van der Waals surface area contributed by atoms with Gasteiger partial charge < -0.3 is 4.90 Å². The maximum atomic E-state index is 13.1. The average Bonchev–Trinajstić information content (AvgIpc) is 3.33. The first-order chi connectivity index (χ1) is 13.8. The second-order valence-electron chi connectivity index (χ2n) is 8.17. The summed E-state index contributed by atoms with van der Waals surface area (Å²) >= 11 is 1.08. The van der Waals surface area contributed by atoms with Crippen molar-refractivity contribution >= 4 is 37.5 Å². The van der Waals surface area contributed by atoms with Gasteiger partial charge in [-0.1, -0.05) is 11.3 Å². The van der Waals surface area contributed by atoms with Crippen LogP contribution < -0.4 is 4.87 Å². The van der Waals surface area contributed by atoms with E-state index in [2.05, 4.69) is 0 Å². The van der Waals surface area contributed by atoms with E-state index in [0.717, 1.165) is 42.8 Å². The van der Waals surface area contributed by atoms with Gasteiger partial charge in [0.05, 0.1) is 15.1 Å². The molecule has 1 aromatic heterocycles. The monoisotopic (exact) mass is 437 g/mol. The van der Waals surface area contributed by atoms with Gasteiger partial charge in [0.2, 0.25) is 15.9 Å². The number of aromatic nitrogens is 1. The molecule has 7 nitrogen and oxygen atoms in total. The minimum Gasteiger partial charge on any atom is -0.342 e. The van der Waals surface area contributed by atoms with Gasteiger partial charge in [-0.25, -0.2) is 8.42 Å². The molecule has 0 bridgehead atoms. The molecular weight excluding hydrogens is 410 g/mol. The molecule has 1 amide bonds. The summed E-state index contributed by atoms with van der Waals surface area (Å²) in [4.78, 5) is 26.9. The molecule has 0 spiro atoms. The molecular formula is C20H27N3O4S2. The van der Waals surface area contributed by atoms with Crippen LogP contribution in [-0.4, -0.2) is 54.3 Å². The summed E-state index contributed by atoms with van der Waals surface area (Å²) in [6.07, 6.45) is 3.25. The van der Waals surface area contributed by atoms with Gasteiger partial charge in [-0.2, -0.15) is 4.31 Å². The quantitative estimate of drug-likeness (QED) is 0.737. The Labute approximate surface area is 175 Å². The molecule has 2 saturated heterocycles. The van der Waals surface area contributed by atoms with Gasteiger partial charge in [0, 0.05) is 38.1 Å². The molecule has 2 fully saturated rings. The van der Waals surface area contributed by atoms with E-state index in [9.17, 15) is 18.0 Å². The lowest BCUT2D eigenvalue weighted by molar-refractivity contribution is -0.135. The van der Waals surface area contributed by atoms with Crippen molar-refractivity contribution in [3.8, 4) is 0 Å². The molecule has 0 atom stereocenters. The zero-order chi connectivity index (χ0) is 20.8. The van der Waals surface area contributed by atoms with E-state index < -0.39 is 10.0 Å². The van der Waals surface area contributed by atoms with Crippen molar-refractivity contribution in [1.29, 1.82) is 0 Å². The lowest BCUT2D eigenvalue weighted by atomic mass is 9.97. The van der Waals surface area contributed by atoms with Crippen LogP contribution in [0.2, 0.25) is 0 Å². The Bertz CT molecular complexity index is 1070. The Balaban J connectivity index is 1.52. The lowest BCUT2D eigenvalue weighted by Gasteiger charge is -2.32. The van der Waals surface area contributed by atoms with E-state index >= 15 is 0 Å². The maximum absolute atomic E-state index is 13.1. The van der Waals surface area contributed by atoms with Gasteiger partial charge in [0.1, 0.15) is 0 Å². The van der Waals surface area contributed by atoms with Crippen LogP contribution in [0.5, 0.6) is 0 Å². The van der Waals surface area contributed by atoms with Crippen LogP contribution in [-0.2, 0) is 14.8 Å². The van der Waals surface area contributed by atoms with Crippen molar-refractivity contribution in [2.45, 2.75) is 50.5 Å². The maximum Gasteiger partial charge on any atom is 0.308 e. The molecule has 4 rings (SSSR count). The molecule has 29 heavy (non-hydrogen) atoms. The highest BCUT2D eigenvalue weighted by Gasteiger charge is 2.34. The van der Waals surface area contributed by atoms with E-state index in [-0.39, 0.29) is 27.6 Å². The summed E-state index contributed by atoms with van der Waals surface area (Å²) in [6.45, 7) is 6.24. The normalized spacial score (nSPS) is 19.5. The van der Waals surface area contributed by atoms with Crippen LogP contribution in [0, 0.1) is 5.92 Å². The number of nitrogens with zero attached hydrogens (tertiary/aromatic N) is 3. The predicted molar refractivity (Wildman–Crippen MR) is 114 cm³/mol. The first-order valence-electron chi connectivity index (χ1n) is 10.2. The van der Waals surface area contributed by atoms with E-state index in [1.807, 2.05) is 18.7 Å². The van der Waals surface area contributed by atoms with Crippen molar-refractivity contribution in [3.05, 3.63) is 27.9 Å². The van der Waals surface area contributed by atoms with Crippen molar-refractivity contribution in [1.82, 2.24) is 13.8 Å². The lowest BCUT2D eigenvalue weighted by Crippen LogP contribution is -2.43. The molecule has 0 saturated carbocycles. The molecule has 0 N–H and O–H groups in total. The predicted octanol–water partition coefficient (Wildman–Crippen LogP) is 2.67. The first-order valence-corrected chi connectivity index (χ1v) is 12.5. The summed E-state index contributed by atoms with van der Waals surface area (Å²) in [5.41, 5.74) is 0.767. The number of piperidine rings is 1. The number of thiazole rings is 1. The van der Waals surface area contributed by atoms with Gasteiger partial charge in [0.25, 0.3) is 0 Å². The Morgan fingerprint density at radius 1 is 1.10 bits per heavy atom.